The molecule has 2 heterocycles. The molecule has 0 saturated heterocycles. The summed E-state index contributed by atoms with van der Waals surface area (Å²) >= 11 is 3.58. The molecule has 4 heteroatoms. The minimum atomic E-state index is -0.612. The maximum absolute atomic E-state index is 13.2. The van der Waals surface area contributed by atoms with Crippen molar-refractivity contribution in [1.29, 1.82) is 0 Å². The second-order valence-electron chi connectivity index (χ2n) is 7.03. The Bertz CT molecular complexity index is 1010. The summed E-state index contributed by atoms with van der Waals surface area (Å²) in [5.41, 5.74) is 3.66. The summed E-state index contributed by atoms with van der Waals surface area (Å²) in [4.78, 5) is 27.4. The number of rotatable bonds is 1. The lowest BCUT2D eigenvalue weighted by Crippen LogP contribution is -2.55. The van der Waals surface area contributed by atoms with Gasteiger partial charge in [0, 0.05) is 24.5 Å². The van der Waals surface area contributed by atoms with E-state index >= 15 is 0 Å². The van der Waals surface area contributed by atoms with Crippen LogP contribution in [0.5, 0.6) is 0 Å². The van der Waals surface area contributed by atoms with Gasteiger partial charge < -0.3 is 4.90 Å². The van der Waals surface area contributed by atoms with Crippen LogP contribution < -0.4 is 0 Å². The Morgan fingerprint density at radius 3 is 2.54 bits per heavy atom. The van der Waals surface area contributed by atoms with E-state index in [1.54, 1.807) is 6.08 Å². The molecule has 0 fully saturated rings. The Morgan fingerprint density at radius 1 is 1.00 bits per heavy atom. The van der Waals surface area contributed by atoms with E-state index in [1.165, 1.54) is 5.56 Å². The highest BCUT2D eigenvalue weighted by molar-refractivity contribution is 9.12. The number of benzene rings is 2. The van der Waals surface area contributed by atoms with Crippen LogP contribution in [0.2, 0.25) is 0 Å². The predicted octanol–water partition coefficient (Wildman–Crippen LogP) is 4.20. The minimum absolute atomic E-state index is 0.0117. The molecule has 2 aliphatic heterocycles. The third-order valence-electron chi connectivity index (χ3n) is 5.78. The normalized spacial score (nSPS) is 26.7. The zero-order chi connectivity index (χ0) is 17.9. The Kier molecular flexibility index (Phi) is 3.35. The lowest BCUT2D eigenvalue weighted by molar-refractivity contribution is -0.130. The lowest BCUT2D eigenvalue weighted by atomic mass is 9.65. The molecule has 0 aromatic heterocycles. The van der Waals surface area contributed by atoms with Gasteiger partial charge in [0.25, 0.3) is 5.91 Å². The molecule has 0 bridgehead atoms. The first-order valence-corrected chi connectivity index (χ1v) is 9.50. The summed E-state index contributed by atoms with van der Waals surface area (Å²) in [7, 11) is 0. The molecule has 128 valence electrons. The lowest BCUT2D eigenvalue weighted by Gasteiger charge is -2.50. The Labute approximate surface area is 160 Å². The van der Waals surface area contributed by atoms with E-state index in [0.717, 1.165) is 16.7 Å². The SMILES string of the molecule is O=C1C=CC23C(c4ccccc4)=C(Br)C(=O)N2Cc2ccccc2C3C1. The van der Waals surface area contributed by atoms with Crippen LogP contribution in [0.3, 0.4) is 0 Å². The summed E-state index contributed by atoms with van der Waals surface area (Å²) in [5, 5.41) is 0. The average Bonchev–Trinajstić information content (AvgIpc) is 2.88. The van der Waals surface area contributed by atoms with E-state index in [2.05, 4.69) is 28.1 Å². The van der Waals surface area contributed by atoms with Gasteiger partial charge in [0.1, 0.15) is 0 Å². The molecule has 2 atom stereocenters. The van der Waals surface area contributed by atoms with Crippen LogP contribution in [0.4, 0.5) is 0 Å². The summed E-state index contributed by atoms with van der Waals surface area (Å²) in [5.74, 6) is 0.0293. The Morgan fingerprint density at radius 2 is 1.73 bits per heavy atom. The number of hydrogen-bond acceptors (Lipinski definition) is 2. The fourth-order valence-corrected chi connectivity index (χ4v) is 5.46. The van der Waals surface area contributed by atoms with Gasteiger partial charge in [-0.1, -0.05) is 60.7 Å². The summed E-state index contributed by atoms with van der Waals surface area (Å²) in [6, 6.07) is 18.2. The van der Waals surface area contributed by atoms with Crippen molar-refractivity contribution < 1.29 is 9.59 Å². The van der Waals surface area contributed by atoms with Gasteiger partial charge in [-0.2, -0.15) is 0 Å². The van der Waals surface area contributed by atoms with E-state index < -0.39 is 5.54 Å². The molecule has 1 aliphatic carbocycles. The highest BCUT2D eigenvalue weighted by atomic mass is 79.9. The van der Waals surface area contributed by atoms with Crippen molar-refractivity contribution in [3.63, 3.8) is 0 Å². The van der Waals surface area contributed by atoms with Gasteiger partial charge in [-0.05, 0) is 38.7 Å². The number of carbonyl (C=O) groups is 2. The quantitative estimate of drug-likeness (QED) is 0.712. The van der Waals surface area contributed by atoms with Crippen molar-refractivity contribution in [3.8, 4) is 0 Å². The topological polar surface area (TPSA) is 37.4 Å². The van der Waals surface area contributed by atoms with Gasteiger partial charge >= 0.3 is 0 Å². The van der Waals surface area contributed by atoms with Crippen molar-refractivity contribution in [2.45, 2.75) is 24.4 Å². The molecule has 0 radical (unpaired) electrons. The second kappa shape index (κ2) is 5.52. The van der Waals surface area contributed by atoms with E-state index in [1.807, 2.05) is 53.4 Å². The highest BCUT2D eigenvalue weighted by Crippen LogP contribution is 2.57. The van der Waals surface area contributed by atoms with Crippen LogP contribution >= 0.6 is 15.9 Å². The second-order valence-corrected chi connectivity index (χ2v) is 7.82. The van der Waals surface area contributed by atoms with Crippen LogP contribution in [0, 0.1) is 0 Å². The van der Waals surface area contributed by atoms with Crippen LogP contribution in [-0.4, -0.2) is 22.1 Å². The van der Waals surface area contributed by atoms with Crippen molar-refractivity contribution >= 4 is 33.2 Å². The predicted molar refractivity (Wildman–Crippen MR) is 104 cm³/mol. The van der Waals surface area contributed by atoms with Crippen molar-refractivity contribution in [3.05, 3.63) is 87.9 Å². The molecule has 1 spiro atoms. The maximum Gasteiger partial charge on any atom is 0.262 e. The monoisotopic (exact) mass is 405 g/mol. The van der Waals surface area contributed by atoms with Gasteiger partial charge in [0.15, 0.2) is 5.78 Å². The number of ketones is 1. The minimum Gasteiger partial charge on any atom is -0.320 e. The molecular weight excluding hydrogens is 390 g/mol. The molecule has 2 aromatic rings. The number of hydrogen-bond donors (Lipinski definition) is 0. The number of allylic oxidation sites excluding steroid dienone is 1. The number of fused-ring (bicyclic) bond motifs is 2. The van der Waals surface area contributed by atoms with E-state index in [4.69, 9.17) is 0 Å². The molecule has 26 heavy (non-hydrogen) atoms. The Balaban J connectivity index is 1.82. The summed E-state index contributed by atoms with van der Waals surface area (Å²) in [6.07, 6.45) is 4.01. The highest BCUT2D eigenvalue weighted by Gasteiger charge is 2.58. The maximum atomic E-state index is 13.2. The van der Waals surface area contributed by atoms with Crippen LogP contribution in [0.1, 0.15) is 29.0 Å². The number of amides is 1. The van der Waals surface area contributed by atoms with E-state index in [-0.39, 0.29) is 17.6 Å². The number of carbonyl (C=O) groups excluding carboxylic acids is 2. The van der Waals surface area contributed by atoms with Gasteiger partial charge in [-0.25, -0.2) is 0 Å². The molecule has 5 rings (SSSR count). The first-order valence-electron chi connectivity index (χ1n) is 8.70. The zero-order valence-electron chi connectivity index (χ0n) is 14.0. The fourth-order valence-electron chi connectivity index (χ4n) is 4.70. The Hall–Kier alpha value is -2.46. The molecule has 2 unspecified atom stereocenters. The molecule has 3 nitrogen and oxygen atoms in total. The molecule has 2 aromatic carbocycles. The third kappa shape index (κ3) is 1.93. The first kappa shape index (κ1) is 15.8. The van der Waals surface area contributed by atoms with Crippen LogP contribution in [0.15, 0.2) is 71.2 Å². The molecular formula is C22H16BrNO2. The van der Waals surface area contributed by atoms with Crippen molar-refractivity contribution in [2.24, 2.45) is 0 Å². The summed E-state index contributed by atoms with van der Waals surface area (Å²) in [6.45, 7) is 0.551. The molecule has 1 amide bonds. The smallest absolute Gasteiger partial charge is 0.262 e. The van der Waals surface area contributed by atoms with Gasteiger partial charge in [0.2, 0.25) is 0 Å². The molecule has 0 N–H and O–H groups in total. The van der Waals surface area contributed by atoms with Crippen LogP contribution in [-0.2, 0) is 16.1 Å². The fraction of sp³-hybridized carbons (Fsp3) is 0.182. The average molecular weight is 406 g/mol. The first-order chi connectivity index (χ1) is 12.6. The van der Waals surface area contributed by atoms with Gasteiger partial charge in [-0.15, -0.1) is 0 Å². The number of halogens is 1. The third-order valence-corrected chi connectivity index (χ3v) is 6.52. The van der Waals surface area contributed by atoms with Crippen molar-refractivity contribution in [2.75, 3.05) is 0 Å². The largest absolute Gasteiger partial charge is 0.320 e. The molecule has 0 saturated carbocycles. The van der Waals surface area contributed by atoms with E-state index in [9.17, 15) is 9.59 Å². The summed E-state index contributed by atoms with van der Waals surface area (Å²) < 4.78 is 0.598. The number of nitrogens with zero attached hydrogens (tertiary/aromatic N) is 1. The van der Waals surface area contributed by atoms with E-state index in [0.29, 0.717) is 17.4 Å². The zero-order valence-corrected chi connectivity index (χ0v) is 15.6. The standard InChI is InChI=1S/C22H16BrNO2/c23-20-19(14-6-2-1-3-7-14)22-11-10-16(25)12-18(22)17-9-5-4-8-15(17)13-24(22)21(20)26/h1-11,18H,12-13H2. The van der Waals surface area contributed by atoms with Gasteiger partial charge in [0.05, 0.1) is 10.0 Å². The van der Waals surface area contributed by atoms with Crippen molar-refractivity contribution in [1.82, 2.24) is 4.90 Å². The molecule has 3 aliphatic rings. The van der Waals surface area contributed by atoms with Gasteiger partial charge in [-0.3, -0.25) is 9.59 Å². The van der Waals surface area contributed by atoms with Crippen LogP contribution in [0.25, 0.3) is 5.57 Å².